The van der Waals surface area contributed by atoms with Crippen molar-refractivity contribution in [2.24, 2.45) is 5.10 Å². The first-order valence-electron chi connectivity index (χ1n) is 6.85. The smallest absolute Gasteiger partial charge is 0.273 e. The molecular formula is C17H18N2O2. The van der Waals surface area contributed by atoms with E-state index < -0.39 is 12.0 Å². The van der Waals surface area contributed by atoms with E-state index in [2.05, 4.69) is 17.5 Å². The maximum atomic E-state index is 11.8. The van der Waals surface area contributed by atoms with Crippen molar-refractivity contribution in [2.75, 3.05) is 0 Å². The van der Waals surface area contributed by atoms with Gasteiger partial charge in [0.2, 0.25) is 0 Å². The molecule has 0 aliphatic heterocycles. The SMILES string of the molecule is CCc1ccc(C=NNC(=O)[C@@H](O)c2ccccc2)cc1. The van der Waals surface area contributed by atoms with Crippen molar-refractivity contribution in [2.45, 2.75) is 19.4 Å². The van der Waals surface area contributed by atoms with E-state index in [9.17, 15) is 9.90 Å². The van der Waals surface area contributed by atoms with Gasteiger partial charge in [-0.2, -0.15) is 5.10 Å². The molecule has 1 amide bonds. The number of aliphatic hydroxyl groups is 1. The maximum Gasteiger partial charge on any atom is 0.273 e. The molecule has 2 N–H and O–H groups in total. The van der Waals surface area contributed by atoms with Crippen LogP contribution in [-0.2, 0) is 11.2 Å². The van der Waals surface area contributed by atoms with Gasteiger partial charge in [0.15, 0.2) is 6.10 Å². The molecule has 2 rings (SSSR count). The maximum absolute atomic E-state index is 11.8. The Hall–Kier alpha value is -2.46. The first-order chi connectivity index (χ1) is 10.2. The topological polar surface area (TPSA) is 61.7 Å². The Morgan fingerprint density at radius 2 is 1.86 bits per heavy atom. The second-order valence-corrected chi connectivity index (χ2v) is 4.64. The molecule has 108 valence electrons. The van der Waals surface area contributed by atoms with Crippen LogP contribution in [0.5, 0.6) is 0 Å². The number of carbonyl (C=O) groups is 1. The van der Waals surface area contributed by atoms with E-state index in [4.69, 9.17) is 0 Å². The first-order valence-corrected chi connectivity index (χ1v) is 6.85. The van der Waals surface area contributed by atoms with E-state index in [0.717, 1.165) is 12.0 Å². The molecule has 0 bridgehead atoms. The third-order valence-corrected chi connectivity index (χ3v) is 3.14. The number of nitrogens with one attached hydrogen (secondary N) is 1. The summed E-state index contributed by atoms with van der Waals surface area (Å²) in [5.41, 5.74) is 5.01. The lowest BCUT2D eigenvalue weighted by atomic mass is 10.1. The molecule has 0 saturated carbocycles. The van der Waals surface area contributed by atoms with Crippen LogP contribution in [0.3, 0.4) is 0 Å². The number of hydrogen-bond acceptors (Lipinski definition) is 3. The number of hydrazone groups is 1. The molecule has 21 heavy (non-hydrogen) atoms. The van der Waals surface area contributed by atoms with E-state index in [0.29, 0.717) is 5.56 Å². The second kappa shape index (κ2) is 7.36. The van der Waals surface area contributed by atoms with Crippen molar-refractivity contribution in [1.82, 2.24) is 5.43 Å². The van der Waals surface area contributed by atoms with Crippen LogP contribution in [0.4, 0.5) is 0 Å². The molecule has 2 aromatic rings. The lowest BCUT2D eigenvalue weighted by Gasteiger charge is -2.08. The molecule has 0 aromatic heterocycles. The Morgan fingerprint density at radius 1 is 1.19 bits per heavy atom. The van der Waals surface area contributed by atoms with Gasteiger partial charge in [0.1, 0.15) is 0 Å². The Bertz CT molecular complexity index is 606. The van der Waals surface area contributed by atoms with E-state index in [1.54, 1.807) is 30.5 Å². The fraction of sp³-hybridized carbons (Fsp3) is 0.176. The first kappa shape index (κ1) is 14.9. The summed E-state index contributed by atoms with van der Waals surface area (Å²) in [6.07, 6.45) is 1.32. The largest absolute Gasteiger partial charge is 0.378 e. The number of rotatable bonds is 5. The van der Waals surface area contributed by atoms with Crippen LogP contribution in [0.25, 0.3) is 0 Å². The van der Waals surface area contributed by atoms with Crippen LogP contribution in [0.1, 0.15) is 29.7 Å². The fourth-order valence-electron chi connectivity index (χ4n) is 1.86. The lowest BCUT2D eigenvalue weighted by molar-refractivity contribution is -0.129. The summed E-state index contributed by atoms with van der Waals surface area (Å²) in [6.45, 7) is 2.09. The van der Waals surface area contributed by atoms with Gasteiger partial charge in [-0.1, -0.05) is 61.5 Å². The number of aliphatic hydroxyl groups excluding tert-OH is 1. The van der Waals surface area contributed by atoms with Crippen molar-refractivity contribution in [3.8, 4) is 0 Å². The molecule has 0 fully saturated rings. The van der Waals surface area contributed by atoms with Crippen molar-refractivity contribution in [3.63, 3.8) is 0 Å². The third-order valence-electron chi connectivity index (χ3n) is 3.14. The predicted molar refractivity (Wildman–Crippen MR) is 83.0 cm³/mol. The van der Waals surface area contributed by atoms with E-state index in [1.807, 2.05) is 30.3 Å². The minimum absolute atomic E-state index is 0.539. The molecule has 0 radical (unpaired) electrons. The zero-order chi connectivity index (χ0) is 15.1. The van der Waals surface area contributed by atoms with Crippen LogP contribution in [-0.4, -0.2) is 17.2 Å². The Morgan fingerprint density at radius 3 is 2.48 bits per heavy atom. The molecule has 4 heteroatoms. The van der Waals surface area contributed by atoms with Crippen molar-refractivity contribution >= 4 is 12.1 Å². The average molecular weight is 282 g/mol. The van der Waals surface area contributed by atoms with Crippen LogP contribution < -0.4 is 5.43 Å². The zero-order valence-electron chi connectivity index (χ0n) is 11.9. The summed E-state index contributed by atoms with van der Waals surface area (Å²) in [5, 5.41) is 13.7. The van der Waals surface area contributed by atoms with Gasteiger partial charge in [0.05, 0.1) is 6.21 Å². The molecule has 4 nitrogen and oxygen atoms in total. The molecule has 0 unspecified atom stereocenters. The Balaban J connectivity index is 1.92. The van der Waals surface area contributed by atoms with E-state index in [1.165, 1.54) is 5.56 Å². The summed E-state index contributed by atoms with van der Waals surface area (Å²) in [7, 11) is 0. The molecule has 0 aliphatic carbocycles. The quantitative estimate of drug-likeness (QED) is 0.653. The average Bonchev–Trinajstić information content (AvgIpc) is 2.55. The third kappa shape index (κ3) is 4.26. The summed E-state index contributed by atoms with van der Waals surface area (Å²) < 4.78 is 0. The highest BCUT2D eigenvalue weighted by molar-refractivity contribution is 5.84. The van der Waals surface area contributed by atoms with E-state index >= 15 is 0 Å². The van der Waals surface area contributed by atoms with Crippen LogP contribution in [0.15, 0.2) is 59.7 Å². The molecule has 0 spiro atoms. The highest BCUT2D eigenvalue weighted by Gasteiger charge is 2.15. The Labute approximate surface area is 124 Å². The number of amides is 1. The monoisotopic (exact) mass is 282 g/mol. The van der Waals surface area contributed by atoms with Gasteiger partial charge in [-0.25, -0.2) is 5.43 Å². The van der Waals surface area contributed by atoms with Crippen molar-refractivity contribution < 1.29 is 9.90 Å². The minimum Gasteiger partial charge on any atom is -0.378 e. The Kier molecular flexibility index (Phi) is 5.23. The molecular weight excluding hydrogens is 264 g/mol. The summed E-state index contributed by atoms with van der Waals surface area (Å²) in [6, 6.07) is 16.6. The number of benzene rings is 2. The zero-order valence-corrected chi connectivity index (χ0v) is 11.9. The van der Waals surface area contributed by atoms with E-state index in [-0.39, 0.29) is 0 Å². The minimum atomic E-state index is -1.22. The molecule has 2 aromatic carbocycles. The van der Waals surface area contributed by atoms with Gasteiger partial charge < -0.3 is 5.11 Å². The molecule has 0 saturated heterocycles. The predicted octanol–water partition coefficient (Wildman–Crippen LogP) is 2.43. The van der Waals surface area contributed by atoms with Crippen molar-refractivity contribution in [1.29, 1.82) is 0 Å². The van der Waals surface area contributed by atoms with Crippen LogP contribution >= 0.6 is 0 Å². The number of hydrogen-bond donors (Lipinski definition) is 2. The highest BCUT2D eigenvalue weighted by Crippen LogP contribution is 2.11. The van der Waals surface area contributed by atoms with Gasteiger partial charge in [-0.3, -0.25) is 4.79 Å². The fourth-order valence-corrected chi connectivity index (χ4v) is 1.86. The normalized spacial score (nSPS) is 12.3. The number of nitrogens with zero attached hydrogens (tertiary/aromatic N) is 1. The van der Waals surface area contributed by atoms with Gasteiger partial charge in [-0.15, -0.1) is 0 Å². The van der Waals surface area contributed by atoms with Crippen LogP contribution in [0, 0.1) is 0 Å². The van der Waals surface area contributed by atoms with Gasteiger partial charge in [0, 0.05) is 0 Å². The summed E-state index contributed by atoms with van der Waals surface area (Å²) in [5.74, 6) is -0.553. The summed E-state index contributed by atoms with van der Waals surface area (Å²) in [4.78, 5) is 11.8. The molecule has 0 heterocycles. The molecule has 0 aliphatic rings. The highest BCUT2D eigenvalue weighted by atomic mass is 16.3. The van der Waals surface area contributed by atoms with Gasteiger partial charge in [0.25, 0.3) is 5.91 Å². The van der Waals surface area contributed by atoms with Crippen LogP contribution in [0.2, 0.25) is 0 Å². The standard InChI is InChI=1S/C17H18N2O2/c1-2-13-8-10-14(11-9-13)12-18-19-17(21)16(20)15-6-4-3-5-7-15/h3-12,16,20H,2H2,1H3,(H,19,21)/t16-/m0/s1. The number of carbonyl (C=O) groups excluding carboxylic acids is 1. The van der Waals surface area contributed by atoms with Gasteiger partial charge >= 0.3 is 0 Å². The van der Waals surface area contributed by atoms with Crippen molar-refractivity contribution in [3.05, 3.63) is 71.3 Å². The molecule has 1 atom stereocenters. The number of aryl methyl sites for hydroxylation is 1. The second-order valence-electron chi connectivity index (χ2n) is 4.64. The van der Waals surface area contributed by atoms with Gasteiger partial charge in [-0.05, 0) is 23.1 Å². The summed E-state index contributed by atoms with van der Waals surface area (Å²) >= 11 is 0. The lowest BCUT2D eigenvalue weighted by Crippen LogP contribution is -2.25.